The second kappa shape index (κ2) is 33.0. The molecule has 1 unspecified atom stereocenters. The standard InChI is InChI=1S/C70H90N6O14/c1-47(2)42-55-63(79)57(77)37-41-88-52-29-22-28-51(45-52)58(35-33-49-34-36-59(86-8)60(44-49)87-9)90-69(85)54-30-19-21-39-76(54)68(84)64(80)70(3,4)46-89-61(78)32-18-10-11-20-38-72(5)71-62(50-26-16-13-17-27-50)67(83)74(7)56(43-48-24-14-12-15-25-48)66(82)75-40-23-31-53(75)65(81)73(55)6/h12-18,22,24-29,32,34,36,44-45,47,53-56,58,62,71H,10-11,19-21,23,30-31,33,35,37-43,46H2,1-9H3/b32-18+/t53-,54+,55+,56+,58-,62?/m1/s1. The number of carbonyl (C=O) groups excluding carboxylic acids is 9. The van der Waals surface area contributed by atoms with Crippen molar-refractivity contribution in [2.75, 3.05) is 68.2 Å². The molecule has 0 aromatic heterocycles. The first kappa shape index (κ1) is 69.2. The molecule has 3 aliphatic heterocycles. The molecule has 484 valence electrons. The van der Waals surface area contributed by atoms with Gasteiger partial charge in [-0.1, -0.05) is 98.8 Å². The van der Waals surface area contributed by atoms with Gasteiger partial charge in [0.15, 0.2) is 11.5 Å². The summed E-state index contributed by atoms with van der Waals surface area (Å²) in [4.78, 5) is 135. The summed E-state index contributed by atoms with van der Waals surface area (Å²) in [7, 11) is 7.99. The Kier molecular flexibility index (Phi) is 25.4. The van der Waals surface area contributed by atoms with Crippen molar-refractivity contribution in [1.29, 1.82) is 0 Å². The van der Waals surface area contributed by atoms with Crippen LogP contribution in [0.1, 0.15) is 133 Å². The number of piperidine rings is 1. The van der Waals surface area contributed by atoms with E-state index in [1.54, 1.807) is 43.5 Å². The minimum absolute atomic E-state index is 0.115. The largest absolute Gasteiger partial charge is 0.493 e. The average molecular weight is 1240 g/mol. The van der Waals surface area contributed by atoms with Crippen molar-refractivity contribution in [3.63, 3.8) is 0 Å². The van der Waals surface area contributed by atoms with Crippen LogP contribution in [-0.4, -0.2) is 170 Å². The van der Waals surface area contributed by atoms with Gasteiger partial charge in [-0.2, -0.15) is 0 Å². The molecule has 2 fully saturated rings. The molecule has 1 N–H and O–H groups in total. The van der Waals surface area contributed by atoms with E-state index in [1.807, 2.05) is 98.7 Å². The number of carbonyl (C=O) groups is 9. The highest BCUT2D eigenvalue weighted by molar-refractivity contribution is 6.39. The Morgan fingerprint density at radius 1 is 0.644 bits per heavy atom. The maximum Gasteiger partial charge on any atom is 0.330 e. The quantitative estimate of drug-likeness (QED) is 0.117. The number of ether oxygens (including phenoxy) is 5. The minimum Gasteiger partial charge on any atom is -0.493 e. The number of Topliss-reactive ketones (excluding diaryl/α,β-unsaturated/α-hetero) is 3. The van der Waals surface area contributed by atoms with Crippen LogP contribution in [0.15, 0.2) is 115 Å². The number of hydrazine groups is 1. The van der Waals surface area contributed by atoms with Gasteiger partial charge in [-0.05, 0) is 137 Å². The molecular weight excluding hydrogens is 1150 g/mol. The number of rotatable bonds is 10. The zero-order valence-electron chi connectivity index (χ0n) is 53.7. The maximum absolute atomic E-state index is 15.2. The van der Waals surface area contributed by atoms with Crippen LogP contribution < -0.4 is 19.6 Å². The van der Waals surface area contributed by atoms with E-state index in [-0.39, 0.29) is 63.6 Å². The van der Waals surface area contributed by atoms with Crippen molar-refractivity contribution in [2.45, 2.75) is 147 Å². The lowest BCUT2D eigenvalue weighted by Crippen LogP contribution is -2.58. The van der Waals surface area contributed by atoms with Crippen LogP contribution in [0.2, 0.25) is 0 Å². The molecule has 0 radical (unpaired) electrons. The zero-order valence-corrected chi connectivity index (χ0v) is 53.7. The van der Waals surface area contributed by atoms with Crippen LogP contribution in [0.5, 0.6) is 17.2 Å². The van der Waals surface area contributed by atoms with Gasteiger partial charge in [0.25, 0.3) is 5.91 Å². The van der Waals surface area contributed by atoms with Gasteiger partial charge >= 0.3 is 11.9 Å². The van der Waals surface area contributed by atoms with E-state index in [4.69, 9.17) is 23.7 Å². The lowest BCUT2D eigenvalue weighted by atomic mass is 9.87. The van der Waals surface area contributed by atoms with Gasteiger partial charge < -0.3 is 43.3 Å². The number of nitrogens with zero attached hydrogens (tertiary/aromatic N) is 5. The molecule has 2 bridgehead atoms. The summed E-state index contributed by atoms with van der Waals surface area (Å²) >= 11 is 0. The number of benzene rings is 4. The molecule has 2 saturated heterocycles. The summed E-state index contributed by atoms with van der Waals surface area (Å²) < 4.78 is 29.1. The van der Waals surface area contributed by atoms with E-state index < -0.39 is 95.3 Å². The number of amides is 4. The Labute approximate surface area is 529 Å². The predicted octanol–water partition coefficient (Wildman–Crippen LogP) is 8.20. The van der Waals surface area contributed by atoms with Gasteiger partial charge in [0.05, 0.1) is 32.3 Å². The third kappa shape index (κ3) is 18.5. The number of likely N-dealkylation sites (N-methyl/N-ethyl adjacent to an activating group) is 2. The molecule has 4 aromatic rings. The number of methoxy groups -OCH3 is 2. The number of hydrogen-bond donors (Lipinski definition) is 1. The lowest BCUT2D eigenvalue weighted by Gasteiger charge is -2.37. The molecule has 0 aliphatic carbocycles. The molecule has 20 heteroatoms. The molecule has 0 spiro atoms. The van der Waals surface area contributed by atoms with Crippen molar-refractivity contribution in [1.82, 2.24) is 30.0 Å². The first-order valence-corrected chi connectivity index (χ1v) is 31.4. The normalized spacial score (nSPS) is 23.7. The first-order valence-electron chi connectivity index (χ1n) is 31.4. The second-order valence-corrected chi connectivity index (χ2v) is 24.7. The van der Waals surface area contributed by atoms with Gasteiger partial charge in [-0.3, -0.25) is 33.6 Å². The van der Waals surface area contributed by atoms with Crippen LogP contribution in [0.4, 0.5) is 0 Å². The number of allylic oxidation sites excluding steroid dienone is 1. The van der Waals surface area contributed by atoms with Crippen LogP contribution in [0, 0.1) is 11.3 Å². The van der Waals surface area contributed by atoms with E-state index in [1.165, 1.54) is 60.8 Å². The number of fused-ring (bicyclic) bond motifs is 4. The molecular formula is C70H90N6O14. The van der Waals surface area contributed by atoms with Crippen LogP contribution >= 0.6 is 0 Å². The molecule has 4 aromatic carbocycles. The van der Waals surface area contributed by atoms with Crippen molar-refractivity contribution in [3.8, 4) is 17.2 Å². The van der Waals surface area contributed by atoms with E-state index in [9.17, 15) is 33.6 Å². The summed E-state index contributed by atoms with van der Waals surface area (Å²) in [6.45, 7) is 7.06. The van der Waals surface area contributed by atoms with Crippen molar-refractivity contribution < 1.29 is 66.8 Å². The van der Waals surface area contributed by atoms with Crippen LogP contribution in [0.25, 0.3) is 0 Å². The van der Waals surface area contributed by atoms with E-state index in [0.717, 1.165) is 11.1 Å². The number of esters is 2. The molecule has 6 atom stereocenters. The topological polar surface area (TPSA) is 228 Å². The van der Waals surface area contributed by atoms with Gasteiger partial charge in [0, 0.05) is 59.7 Å². The molecule has 4 amide bonds. The molecule has 3 aliphatic rings. The Hall–Kier alpha value is -8.23. The Balaban J connectivity index is 1.18. The fourth-order valence-corrected chi connectivity index (χ4v) is 11.8. The highest BCUT2D eigenvalue weighted by Gasteiger charge is 2.45. The molecule has 0 saturated carbocycles. The zero-order chi connectivity index (χ0) is 65.1. The average Bonchev–Trinajstić information content (AvgIpc) is 1.58. The molecule has 20 nitrogen and oxygen atoms in total. The molecule has 90 heavy (non-hydrogen) atoms. The lowest BCUT2D eigenvalue weighted by molar-refractivity contribution is -0.165. The second-order valence-electron chi connectivity index (χ2n) is 24.7. The van der Waals surface area contributed by atoms with Gasteiger partial charge in [0.1, 0.15) is 42.6 Å². The summed E-state index contributed by atoms with van der Waals surface area (Å²) in [6.07, 6.45) is 6.68. The van der Waals surface area contributed by atoms with E-state index in [0.29, 0.717) is 86.3 Å². The van der Waals surface area contributed by atoms with Crippen molar-refractivity contribution in [3.05, 3.63) is 138 Å². The van der Waals surface area contributed by atoms with Crippen LogP contribution in [0.3, 0.4) is 0 Å². The number of cyclic esters (lactones) is 2. The van der Waals surface area contributed by atoms with Crippen molar-refractivity contribution in [2.24, 2.45) is 11.3 Å². The highest BCUT2D eigenvalue weighted by Crippen LogP contribution is 2.34. The smallest absolute Gasteiger partial charge is 0.330 e. The predicted molar refractivity (Wildman–Crippen MR) is 338 cm³/mol. The van der Waals surface area contributed by atoms with E-state index in [2.05, 4.69) is 5.43 Å². The number of aryl methyl sites for hydroxylation is 1. The maximum atomic E-state index is 15.2. The third-order valence-corrected chi connectivity index (χ3v) is 17.0. The fraction of sp³-hybridized carbons (Fsp3) is 0.500. The molecule has 3 heterocycles. The van der Waals surface area contributed by atoms with Gasteiger partial charge in [0.2, 0.25) is 35.1 Å². The number of hydrogen-bond acceptors (Lipinski definition) is 16. The first-order chi connectivity index (χ1) is 43.1. The van der Waals surface area contributed by atoms with E-state index >= 15 is 9.59 Å². The van der Waals surface area contributed by atoms with Gasteiger partial charge in [-0.25, -0.2) is 20.0 Å². The van der Waals surface area contributed by atoms with Gasteiger partial charge in [-0.15, -0.1) is 0 Å². The molecule has 7 rings (SSSR count). The van der Waals surface area contributed by atoms with Crippen molar-refractivity contribution >= 4 is 52.9 Å². The Morgan fingerprint density at radius 3 is 2.02 bits per heavy atom. The summed E-state index contributed by atoms with van der Waals surface area (Å²) in [5.41, 5.74) is 4.77. The summed E-state index contributed by atoms with van der Waals surface area (Å²) in [6, 6.07) is 25.6. The SMILES string of the molecule is COc1ccc(CC[C@H]2OC(=O)[C@@H]3CCCCN3C(=O)C(=O)C(C)(C)COC(=O)/C=C/CCCCN(C)NC(c3ccccc3)C(=O)N(C)[C@@H](Cc3ccccc3)C(=O)N3CCC[C@@H]3C(=O)N(C)[C@@H](CC(C)C)C(=O)C(=O)CCOc3cccc2c3)cc1OC. The third-order valence-electron chi connectivity index (χ3n) is 17.0. The monoisotopic (exact) mass is 1240 g/mol. The summed E-state index contributed by atoms with van der Waals surface area (Å²) in [5, 5.41) is 1.82. The highest BCUT2D eigenvalue weighted by atomic mass is 16.5. The number of nitrogens with one attached hydrogen (secondary N) is 1. The number of ketones is 3. The Morgan fingerprint density at radius 2 is 1.31 bits per heavy atom. The van der Waals surface area contributed by atoms with Crippen LogP contribution in [-0.2, 0) is 65.5 Å². The minimum atomic E-state index is -1.45. The summed E-state index contributed by atoms with van der Waals surface area (Å²) in [5.74, 6) is -4.71. The fourth-order valence-electron chi connectivity index (χ4n) is 11.8. The Bertz CT molecular complexity index is 3170.